The van der Waals surface area contributed by atoms with E-state index in [-0.39, 0.29) is 5.92 Å². The molecule has 0 saturated heterocycles. The van der Waals surface area contributed by atoms with Crippen LogP contribution in [0.5, 0.6) is 0 Å². The Bertz CT molecular complexity index is 2300. The van der Waals surface area contributed by atoms with E-state index in [9.17, 15) is 0 Å². The lowest BCUT2D eigenvalue weighted by Gasteiger charge is -2.25. The summed E-state index contributed by atoms with van der Waals surface area (Å²) < 4.78 is 0. The Morgan fingerprint density at radius 1 is 0.523 bits per heavy atom. The number of pyridine rings is 1. The van der Waals surface area contributed by atoms with E-state index < -0.39 is 0 Å². The molecular formula is C42H28N2. The first kappa shape index (κ1) is 24.9. The number of rotatable bonds is 3. The van der Waals surface area contributed by atoms with Crippen LogP contribution in [0.15, 0.2) is 151 Å². The fourth-order valence-corrected chi connectivity index (χ4v) is 7.24. The molecule has 6 aromatic carbocycles. The summed E-state index contributed by atoms with van der Waals surface area (Å²) in [6.07, 6.45) is 9.55. The highest BCUT2D eigenvalue weighted by molar-refractivity contribution is 6.24. The van der Waals surface area contributed by atoms with Crippen LogP contribution in [0.3, 0.4) is 0 Å². The first-order chi connectivity index (χ1) is 21.8. The second-order valence-electron chi connectivity index (χ2n) is 11.6. The Labute approximate surface area is 256 Å². The van der Waals surface area contributed by atoms with Gasteiger partial charge < -0.3 is 0 Å². The van der Waals surface area contributed by atoms with Crippen molar-refractivity contribution in [2.75, 3.05) is 0 Å². The minimum Gasteiger partial charge on any atom is -0.254 e. The van der Waals surface area contributed by atoms with Gasteiger partial charge in [-0.05, 0) is 67.1 Å². The van der Waals surface area contributed by atoms with Crippen molar-refractivity contribution in [2.45, 2.75) is 6.42 Å². The van der Waals surface area contributed by atoms with Crippen LogP contribution < -0.4 is 0 Å². The lowest BCUT2D eigenvalue weighted by atomic mass is 9.83. The number of aromatic nitrogens is 1. The highest BCUT2D eigenvalue weighted by Gasteiger charge is 2.26. The van der Waals surface area contributed by atoms with Gasteiger partial charge in [-0.1, -0.05) is 140 Å². The zero-order valence-corrected chi connectivity index (χ0v) is 24.1. The Morgan fingerprint density at radius 2 is 1.11 bits per heavy atom. The molecule has 2 heterocycles. The first-order valence-electron chi connectivity index (χ1n) is 15.3. The molecule has 0 N–H and O–H groups in total. The Morgan fingerprint density at radius 3 is 1.82 bits per heavy atom. The number of benzene rings is 6. The van der Waals surface area contributed by atoms with Gasteiger partial charge in [0, 0.05) is 23.2 Å². The third-order valence-corrected chi connectivity index (χ3v) is 9.21. The van der Waals surface area contributed by atoms with Gasteiger partial charge in [-0.2, -0.15) is 0 Å². The molecule has 206 valence electrons. The Kier molecular flexibility index (Phi) is 5.67. The molecule has 0 bridgehead atoms. The SMILES string of the molecule is C1=CC2CC=C(c3ccc(-c4c5ccccc5c(-c5ccccc5)c5ccccc45)c4ccccc34)N=C2c2ncccc21. The summed E-state index contributed by atoms with van der Waals surface area (Å²) >= 11 is 0. The van der Waals surface area contributed by atoms with E-state index in [0.717, 1.165) is 34.7 Å². The molecule has 7 aromatic rings. The van der Waals surface area contributed by atoms with Crippen LogP contribution in [0.25, 0.3) is 66.3 Å². The molecule has 0 radical (unpaired) electrons. The average Bonchev–Trinajstić information content (AvgIpc) is 3.10. The number of allylic oxidation sites excluding steroid dienone is 2. The fourth-order valence-electron chi connectivity index (χ4n) is 7.24. The smallest absolute Gasteiger partial charge is 0.0923 e. The highest BCUT2D eigenvalue weighted by atomic mass is 14.8. The lowest BCUT2D eigenvalue weighted by molar-refractivity contribution is 0.859. The van der Waals surface area contributed by atoms with Crippen molar-refractivity contribution >= 4 is 49.8 Å². The van der Waals surface area contributed by atoms with Gasteiger partial charge in [-0.25, -0.2) is 0 Å². The molecule has 2 aliphatic rings. The Balaban J connectivity index is 1.29. The summed E-state index contributed by atoms with van der Waals surface area (Å²) in [7, 11) is 0. The molecule has 0 saturated carbocycles. The summed E-state index contributed by atoms with van der Waals surface area (Å²) in [6.45, 7) is 0. The summed E-state index contributed by atoms with van der Waals surface area (Å²) in [5.41, 5.74) is 10.4. The van der Waals surface area contributed by atoms with Gasteiger partial charge >= 0.3 is 0 Å². The highest BCUT2D eigenvalue weighted by Crippen LogP contribution is 2.46. The van der Waals surface area contributed by atoms with E-state index in [4.69, 9.17) is 9.98 Å². The van der Waals surface area contributed by atoms with E-state index in [1.807, 2.05) is 12.3 Å². The van der Waals surface area contributed by atoms with E-state index in [1.165, 1.54) is 54.6 Å². The zero-order valence-electron chi connectivity index (χ0n) is 24.1. The lowest BCUT2D eigenvalue weighted by Crippen LogP contribution is -2.21. The third-order valence-electron chi connectivity index (χ3n) is 9.21. The van der Waals surface area contributed by atoms with E-state index in [0.29, 0.717) is 0 Å². The Hall–Kier alpha value is -5.60. The molecule has 1 atom stereocenters. The van der Waals surface area contributed by atoms with Crippen molar-refractivity contribution in [3.05, 3.63) is 163 Å². The molecular weight excluding hydrogens is 532 g/mol. The monoisotopic (exact) mass is 560 g/mol. The van der Waals surface area contributed by atoms with Gasteiger partial charge in [0.05, 0.1) is 17.1 Å². The maximum Gasteiger partial charge on any atom is 0.0923 e. The molecule has 2 heteroatoms. The molecule has 0 amide bonds. The second kappa shape index (κ2) is 10.00. The average molecular weight is 561 g/mol. The van der Waals surface area contributed by atoms with Gasteiger partial charge in [-0.3, -0.25) is 9.98 Å². The molecule has 1 aliphatic carbocycles. The number of nitrogens with zero attached hydrogens (tertiary/aromatic N) is 2. The van der Waals surface area contributed by atoms with E-state index >= 15 is 0 Å². The predicted octanol–water partition coefficient (Wildman–Crippen LogP) is 10.8. The van der Waals surface area contributed by atoms with Crippen LogP contribution in [-0.2, 0) is 0 Å². The van der Waals surface area contributed by atoms with Crippen molar-refractivity contribution in [1.82, 2.24) is 4.98 Å². The van der Waals surface area contributed by atoms with Crippen molar-refractivity contribution in [1.29, 1.82) is 0 Å². The predicted molar refractivity (Wildman–Crippen MR) is 186 cm³/mol. The van der Waals surface area contributed by atoms with Crippen molar-refractivity contribution in [3.63, 3.8) is 0 Å². The van der Waals surface area contributed by atoms with Gasteiger partial charge in [0.1, 0.15) is 0 Å². The van der Waals surface area contributed by atoms with Crippen LogP contribution in [-0.4, -0.2) is 10.7 Å². The van der Waals surface area contributed by atoms with Gasteiger partial charge in [0.15, 0.2) is 0 Å². The molecule has 1 aliphatic heterocycles. The number of aliphatic imine (C=N–C) groups is 1. The van der Waals surface area contributed by atoms with E-state index in [2.05, 4.69) is 140 Å². The van der Waals surface area contributed by atoms with Crippen LogP contribution >= 0.6 is 0 Å². The van der Waals surface area contributed by atoms with Gasteiger partial charge in [0.25, 0.3) is 0 Å². The molecule has 2 nitrogen and oxygen atoms in total. The quantitative estimate of drug-likeness (QED) is 0.197. The normalized spacial score (nSPS) is 15.6. The molecule has 0 spiro atoms. The summed E-state index contributed by atoms with van der Waals surface area (Å²) in [5.74, 6) is 0.271. The zero-order chi connectivity index (χ0) is 29.0. The molecule has 0 fully saturated rings. The van der Waals surface area contributed by atoms with Gasteiger partial charge in [-0.15, -0.1) is 0 Å². The molecule has 1 aromatic heterocycles. The molecule has 1 unspecified atom stereocenters. The van der Waals surface area contributed by atoms with Crippen LogP contribution in [0.1, 0.15) is 23.2 Å². The van der Waals surface area contributed by atoms with E-state index in [1.54, 1.807) is 0 Å². The molecule has 44 heavy (non-hydrogen) atoms. The van der Waals surface area contributed by atoms with Crippen molar-refractivity contribution in [3.8, 4) is 22.3 Å². The topological polar surface area (TPSA) is 25.2 Å². The molecule has 9 rings (SSSR count). The minimum atomic E-state index is 0.271. The van der Waals surface area contributed by atoms with Crippen LogP contribution in [0, 0.1) is 5.92 Å². The van der Waals surface area contributed by atoms with Crippen molar-refractivity contribution < 1.29 is 0 Å². The summed E-state index contributed by atoms with van der Waals surface area (Å²) in [5, 5.41) is 7.51. The van der Waals surface area contributed by atoms with Gasteiger partial charge in [0.2, 0.25) is 0 Å². The van der Waals surface area contributed by atoms with Crippen LogP contribution in [0.4, 0.5) is 0 Å². The standard InChI is InChI=1S/C42H28N2/c1-2-11-27(12-3-1)39-33-16-6-8-18-35(33)40(36-19-9-7-17-34(36)39)37-24-23-32(30-14-4-5-15-31(30)37)38-25-22-29-21-20-28-13-10-26-43-41(28)42(29)44-38/h1-21,23-26,29H,22H2. The maximum absolute atomic E-state index is 5.28. The summed E-state index contributed by atoms with van der Waals surface area (Å²) in [6, 6.07) is 46.0. The first-order valence-corrected chi connectivity index (χ1v) is 15.3. The number of hydrogen-bond acceptors (Lipinski definition) is 2. The van der Waals surface area contributed by atoms with Crippen LogP contribution in [0.2, 0.25) is 0 Å². The maximum atomic E-state index is 5.28. The third kappa shape index (κ3) is 3.81. The minimum absolute atomic E-state index is 0.271. The number of hydrogen-bond donors (Lipinski definition) is 0. The van der Waals surface area contributed by atoms with Crippen molar-refractivity contribution in [2.24, 2.45) is 10.9 Å². The largest absolute Gasteiger partial charge is 0.254 e. The second-order valence-corrected chi connectivity index (χ2v) is 11.6. The fraction of sp³-hybridized carbons (Fsp3) is 0.0476. The number of fused-ring (bicyclic) bond motifs is 6. The summed E-state index contributed by atoms with van der Waals surface area (Å²) in [4.78, 5) is 10.0.